The molecule has 0 unspecified atom stereocenters. The van der Waals surface area contributed by atoms with E-state index in [9.17, 15) is 26.7 Å². The average molecular weight is 318 g/mol. The minimum atomic E-state index is -5.70. The summed E-state index contributed by atoms with van der Waals surface area (Å²) < 4.78 is 68.3. The second-order valence-corrected chi connectivity index (χ2v) is 6.67. The van der Waals surface area contributed by atoms with Crippen LogP contribution in [0.15, 0.2) is 12.7 Å². The van der Waals surface area contributed by atoms with Crippen LogP contribution >= 0.6 is 0 Å². The minimum Gasteiger partial charge on any atom is -0.366 e. The molecule has 0 saturated heterocycles. The lowest BCUT2D eigenvalue weighted by Crippen LogP contribution is -2.39. The van der Waals surface area contributed by atoms with Crippen LogP contribution in [0.3, 0.4) is 0 Å². The summed E-state index contributed by atoms with van der Waals surface area (Å²) in [7, 11) is -5.70. The first kappa shape index (κ1) is 17.4. The fraction of sp³-hybridized carbons (Fsp3) is 0.818. The molecule has 1 aliphatic rings. The van der Waals surface area contributed by atoms with Gasteiger partial charge in [-0.25, -0.2) is 0 Å². The molecule has 1 saturated carbocycles. The van der Waals surface area contributed by atoms with Crippen molar-refractivity contribution < 1.29 is 35.6 Å². The first-order chi connectivity index (χ1) is 8.86. The van der Waals surface area contributed by atoms with Crippen LogP contribution in [0.4, 0.5) is 13.2 Å². The summed E-state index contributed by atoms with van der Waals surface area (Å²) in [6.45, 7) is 6.10. The second-order valence-electron chi connectivity index (χ2n) is 5.10. The Labute approximate surface area is 115 Å². The van der Waals surface area contributed by atoms with Gasteiger partial charge in [0.2, 0.25) is 0 Å². The molecular formula is C11H17F3O5S. The highest BCUT2D eigenvalue weighted by Crippen LogP contribution is 2.36. The van der Waals surface area contributed by atoms with Gasteiger partial charge in [-0.2, -0.15) is 21.6 Å². The Bertz CT molecular complexity index is 452. The molecule has 9 heteroatoms. The van der Waals surface area contributed by atoms with E-state index in [1.807, 2.05) is 0 Å². The summed E-state index contributed by atoms with van der Waals surface area (Å²) >= 11 is 0. The van der Waals surface area contributed by atoms with Gasteiger partial charge in [-0.15, -0.1) is 6.58 Å². The van der Waals surface area contributed by atoms with Crippen molar-refractivity contribution >= 4 is 10.1 Å². The molecule has 1 fully saturated rings. The van der Waals surface area contributed by atoms with Crippen LogP contribution in [0.25, 0.3) is 0 Å². The van der Waals surface area contributed by atoms with Gasteiger partial charge in [0.1, 0.15) is 6.10 Å². The summed E-state index contributed by atoms with van der Waals surface area (Å²) in [5.41, 5.74) is -5.49. The fourth-order valence-electron chi connectivity index (χ4n) is 2.00. The van der Waals surface area contributed by atoms with Crippen molar-refractivity contribution in [3.05, 3.63) is 12.7 Å². The molecule has 0 aromatic heterocycles. The fourth-order valence-corrected chi connectivity index (χ4v) is 2.64. The van der Waals surface area contributed by atoms with Crippen molar-refractivity contribution in [3.63, 3.8) is 0 Å². The van der Waals surface area contributed by atoms with E-state index in [1.165, 1.54) is 19.9 Å². The van der Waals surface area contributed by atoms with Gasteiger partial charge in [-0.3, -0.25) is 4.18 Å². The molecule has 1 rings (SSSR count). The van der Waals surface area contributed by atoms with Gasteiger partial charge < -0.3 is 9.84 Å². The van der Waals surface area contributed by atoms with Crippen LogP contribution in [0.2, 0.25) is 0 Å². The Kier molecular flexibility index (Phi) is 4.90. The van der Waals surface area contributed by atoms with E-state index < -0.39 is 33.6 Å². The molecule has 3 atom stereocenters. The third-order valence-electron chi connectivity index (χ3n) is 2.79. The van der Waals surface area contributed by atoms with Crippen molar-refractivity contribution in [2.75, 3.05) is 0 Å². The van der Waals surface area contributed by atoms with Crippen LogP contribution in [-0.4, -0.2) is 37.0 Å². The van der Waals surface area contributed by atoms with E-state index in [0.717, 1.165) is 0 Å². The predicted molar refractivity (Wildman–Crippen MR) is 63.9 cm³/mol. The van der Waals surface area contributed by atoms with E-state index in [-0.39, 0.29) is 18.8 Å². The highest BCUT2D eigenvalue weighted by atomic mass is 32.2. The van der Waals surface area contributed by atoms with Gasteiger partial charge in [0.15, 0.2) is 5.79 Å². The van der Waals surface area contributed by atoms with Gasteiger partial charge in [0, 0.05) is 0 Å². The Morgan fingerprint density at radius 3 is 2.15 bits per heavy atom. The normalized spacial score (nSPS) is 28.6. The molecule has 0 aliphatic heterocycles. The number of hydrogen-bond acceptors (Lipinski definition) is 5. The summed E-state index contributed by atoms with van der Waals surface area (Å²) in [5, 5.41) is 9.54. The van der Waals surface area contributed by atoms with Crippen molar-refractivity contribution in [3.8, 4) is 0 Å². The first-order valence-corrected chi connectivity index (χ1v) is 7.29. The van der Waals surface area contributed by atoms with Crippen LogP contribution in [0.5, 0.6) is 0 Å². The van der Waals surface area contributed by atoms with Crippen LogP contribution in [0.1, 0.15) is 26.7 Å². The minimum absolute atomic E-state index is 0.0273. The molecule has 0 heterocycles. The summed E-state index contributed by atoms with van der Waals surface area (Å²) in [6.07, 6.45) is -0.527. The molecule has 5 nitrogen and oxygen atoms in total. The van der Waals surface area contributed by atoms with Crippen LogP contribution in [-0.2, 0) is 19.0 Å². The van der Waals surface area contributed by atoms with E-state index in [0.29, 0.717) is 0 Å². The van der Waals surface area contributed by atoms with Crippen molar-refractivity contribution in [1.29, 1.82) is 0 Å². The first-order valence-electron chi connectivity index (χ1n) is 5.88. The zero-order chi connectivity index (χ0) is 15.8. The topological polar surface area (TPSA) is 72.8 Å². The molecule has 0 bridgehead atoms. The van der Waals surface area contributed by atoms with Crippen molar-refractivity contribution in [1.82, 2.24) is 0 Å². The summed E-state index contributed by atoms with van der Waals surface area (Å²) in [5.74, 6) is -1.85. The molecule has 118 valence electrons. The number of allylic oxidation sites excluding steroid dienone is 1. The summed E-state index contributed by atoms with van der Waals surface area (Å²) in [4.78, 5) is 0. The largest absolute Gasteiger partial charge is 0.523 e. The Morgan fingerprint density at radius 1 is 1.25 bits per heavy atom. The lowest BCUT2D eigenvalue weighted by molar-refractivity contribution is -0.217. The summed E-state index contributed by atoms with van der Waals surface area (Å²) in [6, 6.07) is 0. The Morgan fingerprint density at radius 2 is 1.75 bits per heavy atom. The standard InChI is InChI=1S/C11H17F3O5S/c1-4-7-5-8(18-10(2,3)15)9(6-7)19-20(16,17)11(12,13)14/h4,7-9,15H,1,5-6H2,2-3H3/t7-,8-,9+/m1/s1. The lowest BCUT2D eigenvalue weighted by atomic mass is 10.1. The molecule has 0 amide bonds. The smallest absolute Gasteiger partial charge is 0.366 e. The number of ether oxygens (including phenoxy) is 1. The molecular weight excluding hydrogens is 301 g/mol. The van der Waals surface area contributed by atoms with Crippen molar-refractivity contribution in [2.24, 2.45) is 5.92 Å². The molecule has 0 spiro atoms. The number of rotatable bonds is 5. The zero-order valence-electron chi connectivity index (χ0n) is 11.1. The Balaban J connectivity index is 2.88. The quantitative estimate of drug-likeness (QED) is 0.363. The Hall–Kier alpha value is -0.640. The van der Waals surface area contributed by atoms with E-state index in [1.54, 1.807) is 0 Å². The monoisotopic (exact) mass is 318 g/mol. The number of hydrogen-bond donors (Lipinski definition) is 1. The number of halogens is 3. The zero-order valence-corrected chi connectivity index (χ0v) is 11.9. The van der Waals surface area contributed by atoms with Crippen LogP contribution in [0, 0.1) is 5.92 Å². The van der Waals surface area contributed by atoms with Gasteiger partial charge >= 0.3 is 15.6 Å². The number of alkyl halides is 3. The third kappa shape index (κ3) is 4.44. The highest BCUT2D eigenvalue weighted by molar-refractivity contribution is 7.87. The molecule has 20 heavy (non-hydrogen) atoms. The maximum Gasteiger partial charge on any atom is 0.523 e. The maximum atomic E-state index is 12.3. The molecule has 0 aromatic rings. The van der Waals surface area contributed by atoms with Crippen molar-refractivity contribution in [2.45, 2.75) is 50.2 Å². The average Bonchev–Trinajstić information content (AvgIpc) is 2.56. The SMILES string of the molecule is C=C[C@H]1C[C@H](OS(=O)(=O)C(F)(F)F)[C@H](OC(C)(C)O)C1. The van der Waals surface area contributed by atoms with Gasteiger partial charge in [0.25, 0.3) is 0 Å². The van der Waals surface area contributed by atoms with E-state index in [4.69, 9.17) is 4.74 Å². The molecule has 1 aliphatic carbocycles. The second kappa shape index (κ2) is 5.63. The molecule has 0 radical (unpaired) electrons. The number of aliphatic hydroxyl groups is 1. The van der Waals surface area contributed by atoms with Gasteiger partial charge in [-0.05, 0) is 32.6 Å². The lowest BCUT2D eigenvalue weighted by Gasteiger charge is -2.27. The van der Waals surface area contributed by atoms with Crippen LogP contribution < -0.4 is 0 Å². The van der Waals surface area contributed by atoms with Gasteiger partial charge in [-0.1, -0.05) is 6.08 Å². The third-order valence-corrected chi connectivity index (χ3v) is 3.86. The molecule has 1 N–H and O–H groups in total. The maximum absolute atomic E-state index is 12.3. The highest BCUT2D eigenvalue weighted by Gasteiger charge is 2.51. The van der Waals surface area contributed by atoms with E-state index in [2.05, 4.69) is 10.8 Å². The van der Waals surface area contributed by atoms with Gasteiger partial charge in [0.05, 0.1) is 6.10 Å². The van der Waals surface area contributed by atoms with E-state index >= 15 is 0 Å². The predicted octanol–water partition coefficient (Wildman–Crippen LogP) is 1.93. The molecule has 0 aromatic carbocycles.